The van der Waals surface area contributed by atoms with E-state index in [1.165, 1.54) is 0 Å². The lowest BCUT2D eigenvalue weighted by Crippen LogP contribution is -2.42. The Morgan fingerprint density at radius 2 is 1.17 bits per heavy atom. The molecule has 327 valence electrons. The Hall–Kier alpha value is -4.12. The first-order chi connectivity index (χ1) is 27.2. The summed E-state index contributed by atoms with van der Waals surface area (Å²) < 4.78 is 58.6. The summed E-state index contributed by atoms with van der Waals surface area (Å²) in [7, 11) is 7.38. The van der Waals surface area contributed by atoms with Crippen molar-refractivity contribution in [2.24, 2.45) is 0 Å². The fourth-order valence-corrected chi connectivity index (χ4v) is 6.45. The number of carboxylic acids is 1. The number of alkyl carbamates (subject to hydrolysis) is 2. The minimum Gasteiger partial charge on any atom is -0.479 e. The van der Waals surface area contributed by atoms with Gasteiger partial charge < -0.3 is 43.8 Å². The zero-order valence-electron chi connectivity index (χ0n) is 33.2. The van der Waals surface area contributed by atoms with Gasteiger partial charge in [-0.1, -0.05) is 103 Å². The van der Waals surface area contributed by atoms with Gasteiger partial charge in [0, 0.05) is 36.5 Å². The molecule has 0 aliphatic carbocycles. The van der Waals surface area contributed by atoms with Gasteiger partial charge in [0.05, 0.1) is 6.61 Å². The maximum atomic E-state index is 12.7. The average molecular weight is 887 g/mol. The molecule has 0 saturated carbocycles. The molecule has 5 radical (unpaired) electrons. The highest BCUT2D eigenvalue weighted by Gasteiger charge is 2.43. The summed E-state index contributed by atoms with van der Waals surface area (Å²) in [6.07, 6.45) is 4.08. The third-order valence-electron chi connectivity index (χ3n) is 6.33. The van der Waals surface area contributed by atoms with Crippen molar-refractivity contribution in [1.82, 2.24) is 10.6 Å². The van der Waals surface area contributed by atoms with Gasteiger partial charge in [0.2, 0.25) is 11.6 Å². The Labute approximate surface area is 362 Å². The average Bonchev–Trinajstić information content (AvgIpc) is 3.20. The van der Waals surface area contributed by atoms with Crippen LogP contribution in [0.4, 0.5) is 9.59 Å². The van der Waals surface area contributed by atoms with Crippen LogP contribution in [0.5, 0.6) is 0 Å². The second-order valence-corrected chi connectivity index (χ2v) is 22.2. The molecule has 0 bridgehead atoms. The molecule has 3 N–H and O–H groups in total. The molecule has 60 heavy (non-hydrogen) atoms. The van der Waals surface area contributed by atoms with Crippen molar-refractivity contribution >= 4 is 84.0 Å². The molecular formula is C36H58B5N2O14P2Si-2. The van der Waals surface area contributed by atoms with Crippen LogP contribution in [0.15, 0.2) is 60.7 Å². The van der Waals surface area contributed by atoms with E-state index in [0.717, 1.165) is 45.6 Å². The van der Waals surface area contributed by atoms with Crippen LogP contribution in [0.3, 0.4) is 0 Å². The van der Waals surface area contributed by atoms with Crippen LogP contribution in [0.2, 0.25) is 25.7 Å². The number of hydrogen-bond acceptors (Lipinski definition) is 13. The number of benzene rings is 2. The van der Waals surface area contributed by atoms with Crippen molar-refractivity contribution in [2.45, 2.75) is 72.2 Å². The van der Waals surface area contributed by atoms with E-state index in [2.05, 4.69) is 45.8 Å². The molecule has 0 fully saturated rings. The molecule has 2 aromatic rings. The standard InChI is InChI=1S/C17H28NO7PSi.C12H16NO7P.C5H3.2CH4.B5H3/c1-22-26(21,23-2)15(16(19)24-11-12-27(3,4)5)18-17(20)25-13-14-9-7-6-8-10-14;1-18-21(17,19-2)10(11(14)15)13-12(16)20-8-9-6-4-3-5-7-9;1-3-5-4-2;;;1-4-5(2)3/h6-10,15H,11-13H2,1-5H3,(H,18,20);3-7,10H,8H2,1-2H3,(H,13,16)(H,14,15);1H3;2*1H4;1H3/q;;-1;;;-1. The molecule has 2 rings (SSSR count). The van der Waals surface area contributed by atoms with Crippen molar-refractivity contribution < 1.29 is 65.7 Å². The van der Waals surface area contributed by atoms with Crippen LogP contribution in [-0.4, -0.2) is 121 Å². The number of ether oxygens (including phenoxy) is 3. The van der Waals surface area contributed by atoms with E-state index in [-0.39, 0.29) is 41.1 Å². The number of aliphatic carboxylic acids is 1. The van der Waals surface area contributed by atoms with E-state index >= 15 is 0 Å². The first kappa shape index (κ1) is 62.5. The van der Waals surface area contributed by atoms with Gasteiger partial charge in [0.25, 0.3) is 0 Å². The number of nitrogens with one attached hydrogen (secondary N) is 2. The minimum atomic E-state index is -4.01. The fraction of sp³-hybridized carbons (Fsp3) is 0.444. The monoisotopic (exact) mass is 887 g/mol. The summed E-state index contributed by atoms with van der Waals surface area (Å²) in [5.41, 5.74) is 1.49. The van der Waals surface area contributed by atoms with Crippen molar-refractivity contribution in [2.75, 3.05) is 35.0 Å². The highest BCUT2D eigenvalue weighted by atomic mass is 31.2. The zero-order valence-corrected chi connectivity index (χ0v) is 36.0. The zero-order chi connectivity index (χ0) is 44.8. The molecule has 2 amide bonds. The normalized spacial score (nSPS) is 11.0. The highest BCUT2D eigenvalue weighted by molar-refractivity contribution is 7.60. The number of amides is 2. The van der Waals surface area contributed by atoms with Gasteiger partial charge in [-0.3, -0.25) is 31.6 Å². The summed E-state index contributed by atoms with van der Waals surface area (Å²) in [6, 6.07) is 18.5. The van der Waals surface area contributed by atoms with Gasteiger partial charge in [-0.25, -0.2) is 25.1 Å². The largest absolute Gasteiger partial charge is 0.479 e. The van der Waals surface area contributed by atoms with Crippen LogP contribution in [0.1, 0.15) is 32.9 Å². The Morgan fingerprint density at radius 1 is 0.800 bits per heavy atom. The van der Waals surface area contributed by atoms with Crippen LogP contribution < -0.4 is 10.6 Å². The van der Waals surface area contributed by atoms with E-state index in [1.807, 2.05) is 24.4 Å². The third-order valence-corrected chi connectivity index (χ3v) is 12.0. The number of esters is 1. The molecule has 0 saturated heterocycles. The molecule has 24 heteroatoms. The molecule has 0 spiro atoms. The van der Waals surface area contributed by atoms with E-state index in [9.17, 15) is 28.3 Å². The highest BCUT2D eigenvalue weighted by Crippen LogP contribution is 2.51. The minimum absolute atomic E-state index is 0. The Morgan fingerprint density at radius 3 is 1.45 bits per heavy atom. The van der Waals surface area contributed by atoms with E-state index in [0.29, 0.717) is 7.74 Å². The lowest BCUT2D eigenvalue weighted by molar-refractivity contribution is -0.143. The first-order valence-electron chi connectivity index (χ1n) is 16.6. The lowest BCUT2D eigenvalue weighted by atomic mass is 8.97. The molecule has 0 aromatic heterocycles. The van der Waals surface area contributed by atoms with E-state index in [1.54, 1.807) is 61.5 Å². The third kappa shape index (κ3) is 28.4. The predicted octanol–water partition coefficient (Wildman–Crippen LogP) is 4.58. The maximum Gasteiger partial charge on any atom is 0.408 e. The molecule has 2 atom stereocenters. The summed E-state index contributed by atoms with van der Waals surface area (Å²) in [5.74, 6) is 0.740. The van der Waals surface area contributed by atoms with E-state index in [4.69, 9.17) is 50.3 Å². The smallest absolute Gasteiger partial charge is 0.408 e. The lowest BCUT2D eigenvalue weighted by Gasteiger charge is -2.24. The number of hydrogen-bond donors (Lipinski definition) is 3. The molecular weight excluding hydrogens is 828 g/mol. The Kier molecular flexibility index (Phi) is 36.0. The quantitative estimate of drug-likeness (QED) is 0.0468. The molecule has 0 aliphatic rings. The first-order valence-corrected chi connectivity index (χ1v) is 23.5. The summed E-state index contributed by atoms with van der Waals surface area (Å²) in [6.45, 7) is 8.17. The van der Waals surface area contributed by atoms with Gasteiger partial charge in [-0.2, -0.15) is 7.06 Å². The number of carbonyl (C=O) groups excluding carboxylic acids is 3. The second kappa shape index (κ2) is 34.6. The van der Waals surface area contributed by atoms with Crippen molar-refractivity contribution in [1.29, 1.82) is 0 Å². The second-order valence-electron chi connectivity index (χ2n) is 11.9. The molecule has 2 unspecified atom stereocenters. The topological polar surface area (TPSA) is 211 Å². The molecule has 2 aromatic carbocycles. The van der Waals surface area contributed by atoms with Crippen LogP contribution in [-0.2, 0) is 64.2 Å². The van der Waals surface area contributed by atoms with Gasteiger partial charge in [0.15, 0.2) is 0 Å². The van der Waals surface area contributed by atoms with Gasteiger partial charge in [-0.05, 0) is 46.0 Å². The molecule has 16 nitrogen and oxygen atoms in total. The maximum absolute atomic E-state index is 12.7. The SMILES string of the molecule is C.C.COP(=O)(OC)C(NC(=O)OCc1ccccc1)C(=O)O.COP(=O)(OC)C(NC(=O)OCc1ccccc1)C(=O)OCC[Si](C)(C)C.[B]B([B])[B][BH3-].[C-]#CC#CC. The van der Waals surface area contributed by atoms with Crippen molar-refractivity contribution in [3.8, 4) is 17.8 Å². The molecule has 0 aliphatic heterocycles. The van der Waals surface area contributed by atoms with Crippen LogP contribution in [0.25, 0.3) is 0 Å². The molecule has 0 heterocycles. The fourth-order valence-electron chi connectivity index (χ4n) is 3.47. The van der Waals surface area contributed by atoms with Crippen molar-refractivity contribution in [3.05, 3.63) is 78.2 Å². The van der Waals surface area contributed by atoms with Gasteiger partial charge in [0.1, 0.15) is 13.2 Å². The summed E-state index contributed by atoms with van der Waals surface area (Å²) in [5, 5.41) is 13.2. The van der Waals surface area contributed by atoms with Gasteiger partial charge in [-0.15, -0.1) is 0 Å². The number of carbonyl (C=O) groups is 4. The summed E-state index contributed by atoms with van der Waals surface area (Å²) >= 11 is 0. The van der Waals surface area contributed by atoms with E-state index < -0.39 is 59.0 Å². The Bertz CT molecular complexity index is 1710. The van der Waals surface area contributed by atoms with Crippen LogP contribution in [0, 0.1) is 24.2 Å². The summed E-state index contributed by atoms with van der Waals surface area (Å²) in [4.78, 5) is 47.1. The van der Waals surface area contributed by atoms with Gasteiger partial charge >= 0.3 is 39.3 Å². The Balaban J connectivity index is -0.000000421. The number of carboxylic acid groups (broad SMARTS) is 1. The number of rotatable bonds is 18. The van der Waals surface area contributed by atoms with Crippen molar-refractivity contribution in [3.63, 3.8) is 0 Å². The predicted molar refractivity (Wildman–Crippen MR) is 244 cm³/mol. The van der Waals surface area contributed by atoms with Crippen LogP contribution >= 0.6 is 15.2 Å².